The van der Waals surface area contributed by atoms with Crippen LogP contribution in [0.15, 0.2) is 66.7 Å². The third-order valence-electron chi connectivity index (χ3n) is 2.88. The van der Waals surface area contributed by atoms with Gasteiger partial charge in [-0.2, -0.15) is 0 Å². The minimum absolute atomic E-state index is 0.895. The zero-order valence-electron chi connectivity index (χ0n) is 9.51. The van der Waals surface area contributed by atoms with Gasteiger partial charge in [0.05, 0.1) is 5.52 Å². The number of nitrogens with zero attached hydrogens (tertiary/aromatic N) is 1. The fraction of sp³-hybridized carbons (Fsp3) is 0.0625. The van der Waals surface area contributed by atoms with Gasteiger partial charge in [0, 0.05) is 17.5 Å². The maximum Gasteiger partial charge on any atom is 0.0705 e. The Labute approximate surface area is 101 Å². The summed E-state index contributed by atoms with van der Waals surface area (Å²) in [4.78, 5) is 4.67. The second kappa shape index (κ2) is 4.38. The molecule has 3 aromatic rings. The number of benzene rings is 2. The van der Waals surface area contributed by atoms with Gasteiger partial charge < -0.3 is 0 Å². The molecule has 3 rings (SSSR count). The van der Waals surface area contributed by atoms with Gasteiger partial charge in [-0.25, -0.2) is 0 Å². The van der Waals surface area contributed by atoms with Crippen molar-refractivity contribution in [2.75, 3.05) is 0 Å². The van der Waals surface area contributed by atoms with E-state index in [4.69, 9.17) is 0 Å². The summed E-state index contributed by atoms with van der Waals surface area (Å²) in [6.07, 6.45) is 0.895. The highest BCUT2D eigenvalue weighted by Crippen LogP contribution is 2.14. The summed E-state index contributed by atoms with van der Waals surface area (Å²) in [5, 5.41) is 1.20. The lowest BCUT2D eigenvalue weighted by Gasteiger charge is -2.03. The van der Waals surface area contributed by atoms with Gasteiger partial charge >= 0.3 is 0 Å². The highest BCUT2D eigenvalue weighted by Gasteiger charge is 1.99. The van der Waals surface area contributed by atoms with Crippen LogP contribution < -0.4 is 0 Å². The Morgan fingerprint density at radius 2 is 1.47 bits per heavy atom. The number of aromatic nitrogens is 1. The first-order valence-corrected chi connectivity index (χ1v) is 5.80. The van der Waals surface area contributed by atoms with E-state index in [1.54, 1.807) is 0 Å². The van der Waals surface area contributed by atoms with E-state index in [-0.39, 0.29) is 0 Å². The van der Waals surface area contributed by atoms with Gasteiger partial charge in [-0.15, -0.1) is 0 Å². The molecule has 0 bridgehead atoms. The summed E-state index contributed by atoms with van der Waals surface area (Å²) in [7, 11) is 0. The van der Waals surface area contributed by atoms with E-state index >= 15 is 0 Å². The van der Waals surface area contributed by atoms with Crippen LogP contribution in [0.4, 0.5) is 0 Å². The summed E-state index contributed by atoms with van der Waals surface area (Å²) < 4.78 is 0. The third kappa shape index (κ3) is 2.18. The van der Waals surface area contributed by atoms with Gasteiger partial charge in [-0.1, -0.05) is 54.6 Å². The van der Waals surface area contributed by atoms with Crippen molar-refractivity contribution in [1.82, 2.24) is 4.98 Å². The highest BCUT2D eigenvalue weighted by molar-refractivity contribution is 5.78. The molecule has 2 aromatic carbocycles. The van der Waals surface area contributed by atoms with Crippen LogP contribution in [0.3, 0.4) is 0 Å². The number of rotatable bonds is 2. The summed E-state index contributed by atoms with van der Waals surface area (Å²) >= 11 is 0. The molecule has 1 heteroatoms. The van der Waals surface area contributed by atoms with Crippen molar-refractivity contribution < 1.29 is 0 Å². The number of fused-ring (bicyclic) bond motifs is 1. The van der Waals surface area contributed by atoms with Gasteiger partial charge in [0.15, 0.2) is 0 Å². The molecule has 0 aliphatic carbocycles. The van der Waals surface area contributed by atoms with E-state index in [9.17, 15) is 0 Å². The van der Waals surface area contributed by atoms with E-state index in [1.807, 2.05) is 18.2 Å². The summed E-state index contributed by atoms with van der Waals surface area (Å²) in [6.45, 7) is 0. The van der Waals surface area contributed by atoms with Crippen molar-refractivity contribution in [3.63, 3.8) is 0 Å². The van der Waals surface area contributed by atoms with E-state index in [0.717, 1.165) is 17.6 Å². The predicted molar refractivity (Wildman–Crippen MR) is 71.0 cm³/mol. The highest BCUT2D eigenvalue weighted by atomic mass is 14.7. The van der Waals surface area contributed by atoms with Crippen LogP contribution in [0, 0.1) is 0 Å². The smallest absolute Gasteiger partial charge is 0.0705 e. The second-order valence-corrected chi connectivity index (χ2v) is 4.16. The largest absolute Gasteiger partial charge is 0.252 e. The second-order valence-electron chi connectivity index (χ2n) is 4.16. The molecule has 0 aliphatic rings. The lowest BCUT2D eigenvalue weighted by atomic mass is 10.1. The molecule has 1 aromatic heterocycles. The Morgan fingerprint density at radius 1 is 0.706 bits per heavy atom. The molecular formula is C16H13N. The van der Waals surface area contributed by atoms with Crippen LogP contribution >= 0.6 is 0 Å². The number of para-hydroxylation sites is 1. The molecule has 0 spiro atoms. The Bertz CT molecular complexity index is 629. The third-order valence-corrected chi connectivity index (χ3v) is 2.88. The molecule has 1 heterocycles. The molecule has 82 valence electrons. The predicted octanol–water partition coefficient (Wildman–Crippen LogP) is 3.83. The van der Waals surface area contributed by atoms with E-state index in [1.165, 1.54) is 10.9 Å². The van der Waals surface area contributed by atoms with Crippen LogP contribution in [0.2, 0.25) is 0 Å². The number of pyridine rings is 1. The lowest BCUT2D eigenvalue weighted by Crippen LogP contribution is -1.92. The number of hydrogen-bond donors (Lipinski definition) is 0. The van der Waals surface area contributed by atoms with Crippen molar-refractivity contribution in [3.8, 4) is 0 Å². The monoisotopic (exact) mass is 219 g/mol. The molecule has 0 unspecified atom stereocenters. The Balaban J connectivity index is 1.96. The standard InChI is InChI=1S/C16H13N/c1-2-6-13(7-3-1)12-15-11-10-14-8-4-5-9-16(14)17-15/h1-11H,12H2. The first-order valence-electron chi connectivity index (χ1n) is 5.80. The first-order chi connectivity index (χ1) is 8.42. The molecule has 0 saturated carbocycles. The van der Waals surface area contributed by atoms with Gasteiger partial charge in [-0.05, 0) is 17.7 Å². The first kappa shape index (κ1) is 10.0. The fourth-order valence-corrected chi connectivity index (χ4v) is 2.01. The summed E-state index contributed by atoms with van der Waals surface area (Å²) in [5.74, 6) is 0. The maximum atomic E-state index is 4.67. The van der Waals surface area contributed by atoms with Gasteiger partial charge in [0.25, 0.3) is 0 Å². The molecule has 0 fully saturated rings. The molecule has 0 atom stereocenters. The normalized spacial score (nSPS) is 10.6. The fourth-order valence-electron chi connectivity index (χ4n) is 2.01. The Morgan fingerprint density at radius 3 is 2.35 bits per heavy atom. The summed E-state index contributed by atoms with van der Waals surface area (Å²) in [6, 6.07) is 22.9. The van der Waals surface area contributed by atoms with Crippen molar-refractivity contribution in [1.29, 1.82) is 0 Å². The molecule has 0 saturated heterocycles. The van der Waals surface area contributed by atoms with E-state index < -0.39 is 0 Å². The average molecular weight is 219 g/mol. The van der Waals surface area contributed by atoms with E-state index in [0.29, 0.717) is 0 Å². The Hall–Kier alpha value is -2.15. The van der Waals surface area contributed by atoms with Crippen molar-refractivity contribution in [3.05, 3.63) is 78.0 Å². The molecule has 0 aliphatic heterocycles. The molecule has 0 amide bonds. The maximum absolute atomic E-state index is 4.67. The summed E-state index contributed by atoms with van der Waals surface area (Å²) in [5.41, 5.74) is 3.49. The molecule has 0 N–H and O–H groups in total. The number of hydrogen-bond acceptors (Lipinski definition) is 1. The zero-order chi connectivity index (χ0) is 11.5. The van der Waals surface area contributed by atoms with Crippen LogP contribution in [-0.4, -0.2) is 4.98 Å². The molecular weight excluding hydrogens is 206 g/mol. The minimum atomic E-state index is 0.895. The molecule has 0 radical (unpaired) electrons. The van der Waals surface area contributed by atoms with Crippen molar-refractivity contribution in [2.24, 2.45) is 0 Å². The average Bonchev–Trinajstić information content (AvgIpc) is 2.40. The lowest BCUT2D eigenvalue weighted by molar-refractivity contribution is 1.10. The van der Waals surface area contributed by atoms with Gasteiger partial charge in [0.1, 0.15) is 0 Å². The Kier molecular flexibility index (Phi) is 2.59. The van der Waals surface area contributed by atoms with Crippen LogP contribution in [0.1, 0.15) is 11.3 Å². The molecule has 17 heavy (non-hydrogen) atoms. The van der Waals surface area contributed by atoms with Crippen LogP contribution in [-0.2, 0) is 6.42 Å². The van der Waals surface area contributed by atoms with E-state index in [2.05, 4.69) is 53.5 Å². The zero-order valence-corrected chi connectivity index (χ0v) is 9.51. The topological polar surface area (TPSA) is 12.9 Å². The van der Waals surface area contributed by atoms with Crippen LogP contribution in [0.5, 0.6) is 0 Å². The minimum Gasteiger partial charge on any atom is -0.252 e. The van der Waals surface area contributed by atoms with Crippen molar-refractivity contribution >= 4 is 10.9 Å². The molecule has 1 nitrogen and oxygen atoms in total. The quantitative estimate of drug-likeness (QED) is 0.638. The van der Waals surface area contributed by atoms with Gasteiger partial charge in [0.2, 0.25) is 0 Å². The van der Waals surface area contributed by atoms with Crippen LogP contribution in [0.25, 0.3) is 10.9 Å². The van der Waals surface area contributed by atoms with Gasteiger partial charge in [-0.3, -0.25) is 4.98 Å². The SMILES string of the molecule is c1ccc(Cc2ccc3ccccc3n2)cc1. The van der Waals surface area contributed by atoms with Crippen molar-refractivity contribution in [2.45, 2.75) is 6.42 Å².